The summed E-state index contributed by atoms with van der Waals surface area (Å²) in [5, 5.41) is 25.9. The quantitative estimate of drug-likeness (QED) is 0.0443. The highest BCUT2D eigenvalue weighted by atomic mass is 35.5. The van der Waals surface area contributed by atoms with Crippen molar-refractivity contribution in [1.82, 2.24) is 44.2 Å². The number of nitro groups is 2. The molecule has 7 fully saturated rings. The first-order valence-electron chi connectivity index (χ1n) is 36.1. The molecule has 5 aromatic rings. The Bertz CT molecular complexity index is 3950. The van der Waals surface area contributed by atoms with Crippen LogP contribution < -0.4 is 34.2 Å². The Morgan fingerprint density at radius 1 is 0.543 bits per heavy atom. The number of anilines is 4. The lowest BCUT2D eigenvalue weighted by Crippen LogP contribution is -2.58. The van der Waals surface area contributed by atoms with E-state index < -0.39 is 32.8 Å². The van der Waals surface area contributed by atoms with E-state index in [1.54, 1.807) is 36.5 Å². The molecule has 572 valence electrons. The normalized spacial score (nSPS) is 22.7. The van der Waals surface area contributed by atoms with Gasteiger partial charge in [0.2, 0.25) is 0 Å². The molecule has 3 atom stereocenters. The van der Waals surface area contributed by atoms with Gasteiger partial charge in [-0.3, -0.25) is 49.7 Å². The number of ether oxygens (including phenoxy) is 2. The van der Waals surface area contributed by atoms with Gasteiger partial charge in [0.25, 0.3) is 11.4 Å². The van der Waals surface area contributed by atoms with Crippen LogP contribution >= 0.6 is 34.8 Å². The molecular formula is C70H90Cl3F6N17O8S. The van der Waals surface area contributed by atoms with Gasteiger partial charge in [0.05, 0.1) is 42.8 Å². The van der Waals surface area contributed by atoms with Crippen molar-refractivity contribution in [3.8, 4) is 11.5 Å². The van der Waals surface area contributed by atoms with Gasteiger partial charge in [0.1, 0.15) is 41.3 Å². The summed E-state index contributed by atoms with van der Waals surface area (Å²) >= 11 is 19.3. The molecular weight excluding hydrogens is 1460 g/mol. The van der Waals surface area contributed by atoms with Crippen LogP contribution in [0.25, 0.3) is 0 Å². The van der Waals surface area contributed by atoms with E-state index in [9.17, 15) is 55.0 Å². The summed E-state index contributed by atoms with van der Waals surface area (Å²) in [5.41, 5.74) is 2.25. The predicted octanol–water partition coefficient (Wildman–Crippen LogP) is 13.4. The van der Waals surface area contributed by atoms with Crippen LogP contribution in [0.2, 0.25) is 15.1 Å². The van der Waals surface area contributed by atoms with E-state index in [1.807, 2.05) is 0 Å². The smallest absolute Gasteiger partial charge is 0.406 e. The van der Waals surface area contributed by atoms with Crippen molar-refractivity contribution >= 4 is 91.2 Å². The Hall–Kier alpha value is -7.17. The maximum absolute atomic E-state index is 12.4. The van der Waals surface area contributed by atoms with Crippen molar-refractivity contribution in [1.29, 1.82) is 0 Å². The van der Waals surface area contributed by atoms with E-state index in [-0.39, 0.29) is 40.6 Å². The van der Waals surface area contributed by atoms with Crippen LogP contribution in [-0.4, -0.2) is 209 Å². The number of hydrogen-bond acceptors (Lipinski definition) is 21. The molecule has 9 heterocycles. The van der Waals surface area contributed by atoms with Crippen molar-refractivity contribution in [2.75, 3.05) is 105 Å². The lowest BCUT2D eigenvalue weighted by atomic mass is 9.92. The molecule has 0 radical (unpaired) electrons. The summed E-state index contributed by atoms with van der Waals surface area (Å²) in [6, 6.07) is 19.5. The molecule has 105 heavy (non-hydrogen) atoms. The average Bonchev–Trinajstić information content (AvgIpc) is 1.50. The van der Waals surface area contributed by atoms with Gasteiger partial charge in [0, 0.05) is 120 Å². The van der Waals surface area contributed by atoms with Crippen LogP contribution in [-0.2, 0) is 23.3 Å². The lowest BCUT2D eigenvalue weighted by molar-refractivity contribution is -0.385. The standard InChI is InChI=1S/C29H36ClF3N8O3S.C24H29ClF3N5O3.C17H25ClN4O2/c1-2-22-18-40(28-25(30)15-21(16-34-28)36-27-26(35-20-5-6-20)37-45(42,43)38-27)13-14-41(22)23-9-11-39(12-10-23)17-19-3-7-24(8-4-19)44-29(31,32)33;1-2-18-16-31(23-22(25)13-20(14-29-23)33(34)35)11-12-32(18)19-7-9-30(10-8-19)15-17-3-5-21(6-4-17)36-24(26,27)28;1-2-13-12-20(8-9-21(13)14-6-4-3-5-7-14)17-16(18)10-15(11-19-17)22(23)24/h3-4,7-8,15-16,20,22-23H,2,5-6,9-14,17-18H2,1H3,(H,35,37)(H,36,38);3-6,13-14,18-19H,2,7-12,15-16H2,1H3;10-11,13-14H,2-9,12H2,1H3/t22-;18-;13-/m000/s1. The molecule has 13 rings (SSSR count). The average molecular weight is 1550 g/mol. The fraction of sp³-hybridized carbons (Fsp3) is 0.586. The van der Waals surface area contributed by atoms with Crippen LogP contribution in [0.5, 0.6) is 11.5 Å². The van der Waals surface area contributed by atoms with Gasteiger partial charge in [0.15, 0.2) is 11.7 Å². The second-order valence-corrected chi connectivity index (χ2v) is 30.4. The number of piperidine rings is 2. The first-order chi connectivity index (χ1) is 50.2. The minimum absolute atomic E-state index is 0.0587. The van der Waals surface area contributed by atoms with Gasteiger partial charge in [-0.25, -0.2) is 19.7 Å². The highest BCUT2D eigenvalue weighted by molar-refractivity contribution is 7.89. The van der Waals surface area contributed by atoms with E-state index in [1.165, 1.54) is 80.9 Å². The number of amidine groups is 2. The topological polar surface area (TPSA) is 252 Å². The number of benzene rings is 2. The molecule has 3 aromatic heterocycles. The SMILES string of the molecule is CC[C@H]1CN(c2ncc(NC3=NS(=O)(=O)NC3=NC3CC3)cc2Cl)CCN1C1CCN(Cc2ccc(OC(F)(F)F)cc2)CC1.CC[C@H]1CN(c2ncc([N+](=O)[O-])cc2Cl)CCN1C1CCCCC1.CC[C@H]1CN(c2ncc([N+](=O)[O-])cc2Cl)CCN1C1CCN(Cc2ccc(OC(F)(F)F)cc2)CC1. The molecule has 5 saturated heterocycles. The Morgan fingerprint density at radius 2 is 0.924 bits per heavy atom. The second-order valence-electron chi connectivity index (χ2n) is 27.8. The first kappa shape index (κ1) is 78.9. The zero-order chi connectivity index (χ0) is 74.7. The Labute approximate surface area is 622 Å². The third kappa shape index (κ3) is 21.8. The number of aromatic nitrogens is 3. The number of likely N-dealkylation sites (tertiary alicyclic amines) is 2. The number of nitrogens with one attached hydrogen (secondary N) is 2. The number of aliphatic imine (C=N–C) groups is 1. The number of nitrogens with zero attached hydrogens (tertiary/aromatic N) is 15. The van der Waals surface area contributed by atoms with Crippen molar-refractivity contribution in [2.45, 2.75) is 179 Å². The summed E-state index contributed by atoms with van der Waals surface area (Å²) in [7, 11) is -3.83. The van der Waals surface area contributed by atoms with Gasteiger partial charge in [-0.2, -0.15) is 8.42 Å². The lowest BCUT2D eigenvalue weighted by Gasteiger charge is -2.47. The summed E-state index contributed by atoms with van der Waals surface area (Å²) in [6.07, 6.45) is 10.5. The number of alkyl halides is 6. The fourth-order valence-corrected chi connectivity index (χ4v) is 17.0. The maximum atomic E-state index is 12.4. The van der Waals surface area contributed by atoms with Crippen molar-refractivity contribution in [3.63, 3.8) is 0 Å². The van der Waals surface area contributed by atoms with Gasteiger partial charge in [-0.1, -0.05) is 99.1 Å². The molecule has 25 nitrogen and oxygen atoms in total. The van der Waals surface area contributed by atoms with Crippen LogP contribution in [0.3, 0.4) is 0 Å². The molecule has 6 aliphatic heterocycles. The Balaban J connectivity index is 0.000000165. The second kappa shape index (κ2) is 35.2. The monoisotopic (exact) mass is 1550 g/mol. The number of hydrogen-bond donors (Lipinski definition) is 2. The molecule has 2 saturated carbocycles. The minimum Gasteiger partial charge on any atom is -0.406 e. The van der Waals surface area contributed by atoms with Gasteiger partial charge >= 0.3 is 22.9 Å². The maximum Gasteiger partial charge on any atom is 0.573 e. The first-order valence-corrected chi connectivity index (χ1v) is 38.6. The number of pyridine rings is 3. The summed E-state index contributed by atoms with van der Waals surface area (Å²) < 4.78 is 112. The van der Waals surface area contributed by atoms with E-state index >= 15 is 0 Å². The highest BCUT2D eigenvalue weighted by Crippen LogP contribution is 2.37. The fourth-order valence-electron chi connectivity index (χ4n) is 15.3. The van der Waals surface area contributed by atoms with Crippen LogP contribution in [0.4, 0.5) is 60.9 Å². The highest BCUT2D eigenvalue weighted by Gasteiger charge is 2.39. The summed E-state index contributed by atoms with van der Waals surface area (Å²) in [4.78, 5) is 57.4. The van der Waals surface area contributed by atoms with Crippen molar-refractivity contribution in [3.05, 3.63) is 132 Å². The van der Waals surface area contributed by atoms with Crippen LogP contribution in [0.15, 0.2) is 94.7 Å². The molecule has 2 aromatic carbocycles. The number of halogens is 9. The number of piperazine rings is 3. The molecule has 0 unspecified atom stereocenters. The number of rotatable bonds is 19. The predicted molar refractivity (Wildman–Crippen MR) is 393 cm³/mol. The molecule has 8 aliphatic rings. The van der Waals surface area contributed by atoms with E-state index in [2.05, 4.69) is 104 Å². The third-order valence-electron chi connectivity index (χ3n) is 20.8. The molecule has 0 amide bonds. The summed E-state index contributed by atoms with van der Waals surface area (Å²) in [5.74, 6) is 1.87. The minimum atomic E-state index is -4.69. The van der Waals surface area contributed by atoms with Gasteiger partial charge in [-0.15, -0.1) is 30.7 Å². The molecule has 35 heteroatoms. The molecule has 0 spiro atoms. The largest absolute Gasteiger partial charge is 0.573 e. The zero-order valence-corrected chi connectivity index (χ0v) is 62.0. The van der Waals surface area contributed by atoms with Crippen LogP contribution in [0.1, 0.15) is 122 Å². The van der Waals surface area contributed by atoms with Crippen LogP contribution in [0, 0.1) is 20.2 Å². The van der Waals surface area contributed by atoms with Crippen molar-refractivity contribution < 1.29 is 54.1 Å². The van der Waals surface area contributed by atoms with E-state index in [4.69, 9.17) is 34.8 Å². The van der Waals surface area contributed by atoms with E-state index in [0.717, 1.165) is 154 Å². The van der Waals surface area contributed by atoms with E-state index in [0.29, 0.717) is 87.5 Å². The summed E-state index contributed by atoms with van der Waals surface area (Å²) in [6.45, 7) is 19.2. The van der Waals surface area contributed by atoms with Gasteiger partial charge < -0.3 is 29.5 Å². The van der Waals surface area contributed by atoms with Gasteiger partial charge in [-0.05, 0) is 138 Å². The molecule has 2 N–H and O–H groups in total. The molecule has 2 aliphatic carbocycles. The molecule has 0 bridgehead atoms. The third-order valence-corrected chi connectivity index (χ3v) is 22.5. The zero-order valence-electron chi connectivity index (χ0n) is 58.9. The van der Waals surface area contributed by atoms with Crippen molar-refractivity contribution in [2.24, 2.45) is 9.39 Å². The Morgan fingerprint density at radius 3 is 1.28 bits per heavy atom. The Kier molecular flexibility index (Phi) is 26.5.